The number of likely N-dealkylation sites (tertiary alicyclic amines) is 1. The van der Waals surface area contributed by atoms with Gasteiger partial charge >= 0.3 is 12.0 Å². The lowest BCUT2D eigenvalue weighted by atomic mass is 9.84. The number of likely N-dealkylation sites (N-methyl/N-ethyl adjacent to an activating group) is 1. The molecule has 1 spiro atoms. The summed E-state index contributed by atoms with van der Waals surface area (Å²) >= 11 is 0. The van der Waals surface area contributed by atoms with Gasteiger partial charge in [0.2, 0.25) is 11.8 Å². The summed E-state index contributed by atoms with van der Waals surface area (Å²) < 4.78 is 27.2. The van der Waals surface area contributed by atoms with E-state index in [1.165, 1.54) is 16.0 Å². The summed E-state index contributed by atoms with van der Waals surface area (Å²) in [5.74, 6) is -1.84. The molecule has 7 atom stereocenters. The average Bonchev–Trinajstić information content (AvgIpc) is 3.81. The number of amides is 5. The van der Waals surface area contributed by atoms with Gasteiger partial charge in [-0.1, -0.05) is 34.3 Å². The normalized spacial score (nSPS) is 25.5. The first kappa shape index (κ1) is 52.8. The van der Waals surface area contributed by atoms with Crippen LogP contribution in [0, 0.1) is 11.3 Å². The van der Waals surface area contributed by atoms with E-state index in [0.29, 0.717) is 78.0 Å². The zero-order chi connectivity index (χ0) is 51.8. The van der Waals surface area contributed by atoms with Crippen LogP contribution in [0.5, 0.6) is 0 Å². The highest BCUT2D eigenvalue weighted by Crippen LogP contribution is 2.43. The number of pyridine rings is 1. The molecule has 1 aromatic carbocycles. The van der Waals surface area contributed by atoms with Crippen molar-refractivity contribution in [3.63, 3.8) is 0 Å². The van der Waals surface area contributed by atoms with Gasteiger partial charge in [-0.2, -0.15) is 0 Å². The zero-order valence-electron chi connectivity index (χ0n) is 44.1. The van der Waals surface area contributed by atoms with Gasteiger partial charge in [-0.25, -0.2) is 10.2 Å². The van der Waals surface area contributed by atoms with Gasteiger partial charge < -0.3 is 48.4 Å². The highest BCUT2D eigenvalue weighted by atomic mass is 16.5. The van der Waals surface area contributed by atoms with Gasteiger partial charge in [0.25, 0.3) is 5.91 Å². The zero-order valence-corrected chi connectivity index (χ0v) is 44.1. The molecular weight excluding hydrogens is 919 g/mol. The summed E-state index contributed by atoms with van der Waals surface area (Å²) in [7, 11) is 3.32. The quantitative estimate of drug-likeness (QED) is 0.194. The average molecular weight is 996 g/mol. The number of fused-ring (bicyclic) bond motifs is 6. The van der Waals surface area contributed by atoms with Crippen LogP contribution in [0.2, 0.25) is 0 Å². The standard InChI is InChI=1S/C54H77N9O9/c1-12-45(64)63-35(6)54(72-36(63)7)20-24-59(25-21-54)52(68)58(10)47(33(3)4)49(65)56-43-29-38-31-60(26-27-70-38)37-18-19-44-40(28-37)41(48(61(44)13-2)39-16-14-22-55-46(39)34(5)69-11)30-53(8,9)32-71-51(67)42-17-15-23-62(57-42)50(43)66/h12,14,16,18-19,22,28,33-36,38,42-43,47,57H,1,13,15,17,20-21,23-27,29-32H2,2-11H3,(H,56,65)/t34-,35+,36+,38-,42-,43-,47-/m0/s1. The number of aromatic nitrogens is 2. The molecule has 6 bridgehead atoms. The Kier molecular flexibility index (Phi) is 15.7. The monoisotopic (exact) mass is 996 g/mol. The van der Waals surface area contributed by atoms with Crippen LogP contribution in [0.3, 0.4) is 0 Å². The number of aryl methyl sites for hydroxylation is 1. The van der Waals surface area contributed by atoms with Crippen LogP contribution in [0.4, 0.5) is 10.5 Å². The molecule has 0 aliphatic carbocycles. The number of methoxy groups -OCH3 is 1. The lowest BCUT2D eigenvalue weighted by Crippen LogP contribution is -2.63. The Hall–Kier alpha value is -5.56. The molecule has 8 rings (SSSR count). The fraction of sp³-hybridized carbons (Fsp3) is 0.630. The summed E-state index contributed by atoms with van der Waals surface area (Å²) in [5.41, 5.74) is 8.15. The number of hydrogen-bond donors (Lipinski definition) is 2. The Morgan fingerprint density at radius 2 is 1.83 bits per heavy atom. The molecule has 0 radical (unpaired) electrons. The molecule has 2 N–H and O–H groups in total. The summed E-state index contributed by atoms with van der Waals surface area (Å²) in [6.07, 6.45) is 4.73. The SMILES string of the molecule is C=CC(=O)N1[C@@H](C)OC2(CCN(C(=O)N(C)[C@H](C(=O)N[C@H]3C[C@H]4CN(CCO4)c4ccc5c(c4)c(c(-c4cccnc4[C@H](C)OC)n5CC)CC(C)(C)COC(=O)[C@@H]4CCCN(N4)C3=O)C(C)C)CC2)[C@H]1C. The van der Waals surface area contributed by atoms with Crippen LogP contribution in [0.25, 0.3) is 22.2 Å². The van der Waals surface area contributed by atoms with E-state index in [1.807, 2.05) is 40.7 Å². The van der Waals surface area contributed by atoms with Crippen molar-refractivity contribution in [3.05, 3.63) is 60.4 Å². The topological polar surface area (TPSA) is 180 Å². The van der Waals surface area contributed by atoms with Crippen molar-refractivity contribution in [1.82, 2.24) is 40.0 Å². The Morgan fingerprint density at radius 3 is 2.53 bits per heavy atom. The molecule has 18 nitrogen and oxygen atoms in total. The molecule has 5 aliphatic rings. The van der Waals surface area contributed by atoms with E-state index in [0.717, 1.165) is 39.1 Å². The van der Waals surface area contributed by atoms with Gasteiger partial charge in [0.05, 0.1) is 48.5 Å². The van der Waals surface area contributed by atoms with Gasteiger partial charge in [0.15, 0.2) is 0 Å². The van der Waals surface area contributed by atoms with Gasteiger partial charge in [-0.15, -0.1) is 0 Å². The van der Waals surface area contributed by atoms with E-state index in [9.17, 15) is 24.0 Å². The number of carbonyl (C=O) groups excluding carboxylic acids is 5. The Morgan fingerprint density at radius 1 is 1.08 bits per heavy atom. The number of urea groups is 1. The van der Waals surface area contributed by atoms with Crippen LogP contribution >= 0.6 is 0 Å². The van der Waals surface area contributed by atoms with Crippen molar-refractivity contribution in [3.8, 4) is 11.3 Å². The number of nitrogens with one attached hydrogen (secondary N) is 2. The second kappa shape index (κ2) is 21.5. The molecule has 4 fully saturated rings. The third kappa shape index (κ3) is 10.3. The number of rotatable bonds is 9. The van der Waals surface area contributed by atoms with Crippen LogP contribution < -0.4 is 15.6 Å². The van der Waals surface area contributed by atoms with E-state index in [2.05, 4.69) is 71.8 Å². The van der Waals surface area contributed by atoms with Gasteiger partial charge in [0.1, 0.15) is 24.4 Å². The number of hydrogen-bond acceptors (Lipinski definition) is 12. The lowest BCUT2D eigenvalue weighted by molar-refractivity contribution is -0.156. The van der Waals surface area contributed by atoms with E-state index >= 15 is 0 Å². The highest BCUT2D eigenvalue weighted by Gasteiger charge is 2.53. The molecule has 4 saturated heterocycles. The first-order valence-electron chi connectivity index (χ1n) is 26.0. The number of ether oxygens (including phenoxy) is 4. The van der Waals surface area contributed by atoms with Crippen molar-refractivity contribution < 1.29 is 42.9 Å². The first-order chi connectivity index (χ1) is 34.3. The largest absolute Gasteiger partial charge is 0.464 e. The minimum atomic E-state index is -1.07. The number of anilines is 1. The predicted octanol–water partition coefficient (Wildman–Crippen LogP) is 5.82. The minimum absolute atomic E-state index is 0.136. The summed E-state index contributed by atoms with van der Waals surface area (Å²) in [4.78, 5) is 82.6. The number of carbonyl (C=O) groups is 5. The first-order valence-corrected chi connectivity index (χ1v) is 26.0. The fourth-order valence-electron chi connectivity index (χ4n) is 11.9. The third-order valence-corrected chi connectivity index (χ3v) is 15.8. The smallest absolute Gasteiger partial charge is 0.324 e. The molecule has 5 amide bonds. The van der Waals surface area contributed by atoms with Crippen LogP contribution in [-0.2, 0) is 51.1 Å². The molecule has 2 aromatic heterocycles. The van der Waals surface area contributed by atoms with Crippen molar-refractivity contribution in [2.45, 2.75) is 149 Å². The van der Waals surface area contributed by atoms with Crippen LogP contribution in [-0.4, -0.2) is 161 Å². The van der Waals surface area contributed by atoms with Crippen LogP contribution in [0.1, 0.15) is 105 Å². The van der Waals surface area contributed by atoms with Gasteiger partial charge in [-0.3, -0.25) is 29.2 Å². The van der Waals surface area contributed by atoms with E-state index in [4.69, 9.17) is 23.9 Å². The molecule has 3 aromatic rings. The summed E-state index contributed by atoms with van der Waals surface area (Å²) in [6.45, 7) is 23.0. The Bertz CT molecular complexity index is 2520. The maximum Gasteiger partial charge on any atom is 0.324 e. The van der Waals surface area contributed by atoms with Gasteiger partial charge in [0, 0.05) is 93.6 Å². The number of morpholine rings is 1. The summed E-state index contributed by atoms with van der Waals surface area (Å²) in [5, 5.41) is 5.63. The second-order valence-corrected chi connectivity index (χ2v) is 21.6. The minimum Gasteiger partial charge on any atom is -0.464 e. The Balaban J connectivity index is 1.08. The molecule has 0 unspecified atom stereocenters. The number of nitrogens with zero attached hydrogens (tertiary/aromatic N) is 7. The molecule has 0 saturated carbocycles. The van der Waals surface area contributed by atoms with E-state index < -0.39 is 59.3 Å². The highest BCUT2D eigenvalue weighted by molar-refractivity contribution is 5.95. The number of benzene rings is 1. The summed E-state index contributed by atoms with van der Waals surface area (Å²) in [6, 6.07) is 7.33. The lowest BCUT2D eigenvalue weighted by Gasteiger charge is -2.43. The molecule has 72 heavy (non-hydrogen) atoms. The second-order valence-electron chi connectivity index (χ2n) is 21.6. The van der Waals surface area contributed by atoms with E-state index in [1.54, 1.807) is 30.2 Å². The number of hydrazine groups is 1. The third-order valence-electron chi connectivity index (χ3n) is 15.8. The number of esters is 1. The fourth-order valence-corrected chi connectivity index (χ4v) is 11.9. The van der Waals surface area contributed by atoms with Crippen molar-refractivity contribution >= 4 is 46.3 Å². The number of piperidine rings is 1. The molecule has 392 valence electrons. The molecule has 7 heterocycles. The number of cyclic esters (lactones) is 1. The van der Waals surface area contributed by atoms with Crippen molar-refractivity contribution in [2.75, 3.05) is 65.0 Å². The van der Waals surface area contributed by atoms with Crippen LogP contribution in [0.15, 0.2) is 49.2 Å². The maximum absolute atomic E-state index is 14.8. The molecule has 18 heteroatoms. The van der Waals surface area contributed by atoms with E-state index in [-0.39, 0.29) is 43.0 Å². The maximum atomic E-state index is 14.8. The van der Waals surface area contributed by atoms with Gasteiger partial charge in [-0.05, 0) is 108 Å². The molecular formula is C54H77N9O9. The predicted molar refractivity (Wildman–Crippen MR) is 273 cm³/mol. The molecule has 5 aliphatic heterocycles. The van der Waals surface area contributed by atoms with Crippen molar-refractivity contribution in [2.24, 2.45) is 11.3 Å². The Labute approximate surface area is 424 Å². The van der Waals surface area contributed by atoms with Crippen molar-refractivity contribution in [1.29, 1.82) is 0 Å².